The van der Waals surface area contributed by atoms with Gasteiger partial charge in [0, 0.05) is 19.3 Å². The summed E-state index contributed by atoms with van der Waals surface area (Å²) in [5.74, 6) is 0.133. The molecule has 1 fully saturated rings. The van der Waals surface area contributed by atoms with Crippen molar-refractivity contribution in [2.24, 2.45) is 0 Å². The number of ketones is 1. The van der Waals surface area contributed by atoms with Crippen molar-refractivity contribution < 1.29 is 9.53 Å². The Morgan fingerprint density at radius 1 is 1.59 bits per heavy atom. The van der Waals surface area contributed by atoms with Crippen LogP contribution in [0.5, 0.6) is 0 Å². The van der Waals surface area contributed by atoms with Gasteiger partial charge in [-0.2, -0.15) is 0 Å². The van der Waals surface area contributed by atoms with E-state index >= 15 is 0 Å². The Kier molecular flexibility index (Phi) is 4.34. The highest BCUT2D eigenvalue weighted by atomic mass is 16.5. The Labute approximate surface area is 102 Å². The summed E-state index contributed by atoms with van der Waals surface area (Å²) in [6, 6.07) is 3.66. The number of nitrogens with zero attached hydrogens (tertiary/aromatic N) is 1. The van der Waals surface area contributed by atoms with Gasteiger partial charge in [-0.15, -0.1) is 0 Å². The number of aromatic amines is 1. The zero-order valence-electron chi connectivity index (χ0n) is 10.3. The average Bonchev–Trinajstić information content (AvgIpc) is 2.83. The Hall–Kier alpha value is -1.13. The summed E-state index contributed by atoms with van der Waals surface area (Å²) in [6.45, 7) is 2.15. The van der Waals surface area contributed by atoms with Gasteiger partial charge in [-0.3, -0.25) is 9.69 Å². The van der Waals surface area contributed by atoms with Gasteiger partial charge in [0.2, 0.25) is 0 Å². The molecular weight excluding hydrogens is 216 g/mol. The van der Waals surface area contributed by atoms with Gasteiger partial charge in [0.05, 0.1) is 18.3 Å². The summed E-state index contributed by atoms with van der Waals surface area (Å²) in [6.07, 6.45) is 5.59. The molecule has 0 amide bonds. The fourth-order valence-corrected chi connectivity index (χ4v) is 2.20. The molecule has 1 aromatic rings. The number of Topliss-reactive ketones (excluding diaryl/α,β-unsaturated/α-hetero) is 1. The highest BCUT2D eigenvalue weighted by molar-refractivity contribution is 5.95. The molecule has 1 unspecified atom stereocenters. The number of hydrogen-bond donors (Lipinski definition) is 1. The number of rotatable bonds is 5. The Bertz CT molecular complexity index is 342. The van der Waals surface area contributed by atoms with Crippen LogP contribution in [-0.2, 0) is 4.74 Å². The van der Waals surface area contributed by atoms with E-state index in [-0.39, 0.29) is 5.78 Å². The van der Waals surface area contributed by atoms with Crippen molar-refractivity contribution >= 4 is 5.78 Å². The molecule has 2 heterocycles. The lowest BCUT2D eigenvalue weighted by Crippen LogP contribution is -2.36. The van der Waals surface area contributed by atoms with Crippen molar-refractivity contribution in [1.29, 1.82) is 0 Å². The van der Waals surface area contributed by atoms with Crippen LogP contribution in [0.2, 0.25) is 0 Å². The Morgan fingerprint density at radius 3 is 3.12 bits per heavy atom. The number of carbonyl (C=O) groups excluding carboxylic acids is 1. The maximum absolute atomic E-state index is 11.8. The van der Waals surface area contributed by atoms with Gasteiger partial charge in [-0.05, 0) is 38.4 Å². The van der Waals surface area contributed by atoms with Crippen molar-refractivity contribution in [2.45, 2.75) is 25.4 Å². The molecule has 0 aromatic carbocycles. The molecule has 1 N–H and O–H groups in total. The van der Waals surface area contributed by atoms with Crippen LogP contribution in [-0.4, -0.2) is 48.5 Å². The molecule has 94 valence electrons. The number of ether oxygens (including phenoxy) is 1. The van der Waals surface area contributed by atoms with E-state index in [9.17, 15) is 4.79 Å². The average molecular weight is 236 g/mol. The van der Waals surface area contributed by atoms with Crippen LogP contribution in [0.4, 0.5) is 0 Å². The quantitative estimate of drug-likeness (QED) is 0.791. The van der Waals surface area contributed by atoms with Crippen molar-refractivity contribution in [1.82, 2.24) is 9.88 Å². The summed E-state index contributed by atoms with van der Waals surface area (Å²) in [5.41, 5.74) is 0.682. The van der Waals surface area contributed by atoms with E-state index < -0.39 is 0 Å². The van der Waals surface area contributed by atoms with Crippen molar-refractivity contribution in [2.75, 3.05) is 26.7 Å². The molecule has 1 aromatic heterocycles. The number of aromatic nitrogens is 1. The third-order valence-electron chi connectivity index (χ3n) is 3.10. The zero-order valence-corrected chi connectivity index (χ0v) is 10.3. The van der Waals surface area contributed by atoms with E-state index in [0.29, 0.717) is 18.3 Å². The monoisotopic (exact) mass is 236 g/mol. The molecule has 0 saturated carbocycles. The molecule has 0 spiro atoms. The molecule has 2 rings (SSSR count). The summed E-state index contributed by atoms with van der Waals surface area (Å²) in [5, 5.41) is 0. The fraction of sp³-hybridized carbons (Fsp3) is 0.615. The fourth-order valence-electron chi connectivity index (χ4n) is 2.20. The van der Waals surface area contributed by atoms with Crippen LogP contribution in [0.1, 0.15) is 29.8 Å². The molecule has 4 heteroatoms. The minimum Gasteiger partial charge on any atom is -0.377 e. The first-order chi connectivity index (χ1) is 8.25. The van der Waals surface area contributed by atoms with Gasteiger partial charge < -0.3 is 9.72 Å². The normalized spacial score (nSPS) is 20.7. The lowest BCUT2D eigenvalue weighted by atomic mass is 10.1. The standard InChI is InChI=1S/C13H20N2O2/c1-15(9-11-5-2-3-8-17-11)10-13(16)12-6-4-7-14-12/h4,6-7,11,14H,2-3,5,8-10H2,1H3. The number of carbonyl (C=O) groups is 1. The summed E-state index contributed by atoms with van der Waals surface area (Å²) in [4.78, 5) is 16.8. The lowest BCUT2D eigenvalue weighted by molar-refractivity contribution is -0.000687. The predicted molar refractivity (Wildman–Crippen MR) is 66.2 cm³/mol. The van der Waals surface area contributed by atoms with E-state index in [0.717, 1.165) is 19.6 Å². The third-order valence-corrected chi connectivity index (χ3v) is 3.10. The van der Waals surface area contributed by atoms with Gasteiger partial charge >= 0.3 is 0 Å². The van der Waals surface area contributed by atoms with Crippen LogP contribution in [0, 0.1) is 0 Å². The maximum atomic E-state index is 11.8. The number of likely N-dealkylation sites (N-methyl/N-ethyl adjacent to an activating group) is 1. The highest BCUT2D eigenvalue weighted by Gasteiger charge is 2.17. The van der Waals surface area contributed by atoms with E-state index in [2.05, 4.69) is 4.98 Å². The first-order valence-corrected chi connectivity index (χ1v) is 6.22. The zero-order chi connectivity index (χ0) is 12.1. The topological polar surface area (TPSA) is 45.3 Å². The molecule has 1 aliphatic rings. The molecule has 1 aliphatic heterocycles. The van der Waals surface area contributed by atoms with Gasteiger partial charge in [-0.25, -0.2) is 0 Å². The van der Waals surface area contributed by atoms with E-state index in [4.69, 9.17) is 4.74 Å². The van der Waals surface area contributed by atoms with Crippen LogP contribution >= 0.6 is 0 Å². The summed E-state index contributed by atoms with van der Waals surface area (Å²) >= 11 is 0. The van der Waals surface area contributed by atoms with E-state index in [1.807, 2.05) is 24.1 Å². The summed E-state index contributed by atoms with van der Waals surface area (Å²) < 4.78 is 5.66. The second-order valence-corrected chi connectivity index (χ2v) is 4.69. The molecule has 0 bridgehead atoms. The van der Waals surface area contributed by atoms with Gasteiger partial charge in [0.25, 0.3) is 0 Å². The first-order valence-electron chi connectivity index (χ1n) is 6.22. The molecule has 0 aliphatic carbocycles. The highest BCUT2D eigenvalue weighted by Crippen LogP contribution is 2.13. The SMILES string of the molecule is CN(CC(=O)c1ccc[nH]1)CC1CCCCO1. The summed E-state index contributed by atoms with van der Waals surface area (Å²) in [7, 11) is 1.97. The van der Waals surface area contributed by atoms with E-state index in [1.54, 1.807) is 6.20 Å². The first kappa shape index (κ1) is 12.3. The predicted octanol–water partition coefficient (Wildman–Crippen LogP) is 1.70. The molecular formula is C13H20N2O2. The molecule has 4 nitrogen and oxygen atoms in total. The lowest BCUT2D eigenvalue weighted by Gasteiger charge is -2.26. The third kappa shape index (κ3) is 3.68. The second kappa shape index (κ2) is 5.98. The Morgan fingerprint density at radius 2 is 2.47 bits per heavy atom. The van der Waals surface area contributed by atoms with Crippen LogP contribution in [0.25, 0.3) is 0 Å². The van der Waals surface area contributed by atoms with Gasteiger partial charge in [0.1, 0.15) is 0 Å². The molecule has 1 atom stereocenters. The van der Waals surface area contributed by atoms with Gasteiger partial charge in [-0.1, -0.05) is 0 Å². The van der Waals surface area contributed by atoms with Crippen LogP contribution in [0.15, 0.2) is 18.3 Å². The van der Waals surface area contributed by atoms with Crippen LogP contribution in [0.3, 0.4) is 0 Å². The molecule has 0 radical (unpaired) electrons. The van der Waals surface area contributed by atoms with Crippen molar-refractivity contribution in [3.05, 3.63) is 24.0 Å². The minimum atomic E-state index is 0.133. The van der Waals surface area contributed by atoms with E-state index in [1.165, 1.54) is 12.8 Å². The number of hydrogen-bond acceptors (Lipinski definition) is 3. The number of H-pyrrole nitrogens is 1. The van der Waals surface area contributed by atoms with Gasteiger partial charge in [0.15, 0.2) is 5.78 Å². The number of nitrogens with one attached hydrogen (secondary N) is 1. The molecule has 1 saturated heterocycles. The van der Waals surface area contributed by atoms with Crippen molar-refractivity contribution in [3.8, 4) is 0 Å². The minimum absolute atomic E-state index is 0.133. The Balaban J connectivity index is 1.76. The largest absolute Gasteiger partial charge is 0.377 e. The maximum Gasteiger partial charge on any atom is 0.192 e. The van der Waals surface area contributed by atoms with Crippen LogP contribution < -0.4 is 0 Å². The van der Waals surface area contributed by atoms with Crippen molar-refractivity contribution in [3.63, 3.8) is 0 Å². The smallest absolute Gasteiger partial charge is 0.192 e. The molecule has 17 heavy (non-hydrogen) atoms. The second-order valence-electron chi connectivity index (χ2n) is 4.69.